The molecule has 0 aliphatic rings. The Kier molecular flexibility index (Phi) is 4.68. The number of benzene rings is 2. The van der Waals surface area contributed by atoms with Crippen molar-refractivity contribution in [1.29, 1.82) is 0 Å². The minimum absolute atomic E-state index is 0.0153. The molecule has 5 heteroatoms. The predicted molar refractivity (Wildman–Crippen MR) is 80.6 cm³/mol. The van der Waals surface area contributed by atoms with Crippen LogP contribution in [0.3, 0.4) is 0 Å². The van der Waals surface area contributed by atoms with Crippen LogP contribution in [-0.4, -0.2) is 18.2 Å². The molecule has 21 heavy (non-hydrogen) atoms. The van der Waals surface area contributed by atoms with Gasteiger partial charge in [0.25, 0.3) is 0 Å². The molecule has 0 spiro atoms. The van der Waals surface area contributed by atoms with Crippen molar-refractivity contribution >= 4 is 17.4 Å². The molecule has 2 aromatic rings. The highest BCUT2D eigenvalue weighted by atomic mass is 16.5. The SMILES string of the molecule is CC(=O)c1ccc(Oc2ccc(NC(=O)CN)cc2)cc1. The van der Waals surface area contributed by atoms with E-state index in [9.17, 15) is 9.59 Å². The number of carbonyl (C=O) groups excluding carboxylic acids is 2. The summed E-state index contributed by atoms with van der Waals surface area (Å²) in [6, 6.07) is 13.8. The van der Waals surface area contributed by atoms with Gasteiger partial charge in [-0.25, -0.2) is 0 Å². The maximum absolute atomic E-state index is 11.2. The predicted octanol–water partition coefficient (Wildman–Crippen LogP) is 2.58. The average molecular weight is 284 g/mol. The maximum Gasteiger partial charge on any atom is 0.238 e. The van der Waals surface area contributed by atoms with E-state index in [0.717, 1.165) is 0 Å². The molecule has 0 heterocycles. The third-order valence-corrected chi connectivity index (χ3v) is 2.82. The maximum atomic E-state index is 11.2. The first kappa shape index (κ1) is 14.7. The summed E-state index contributed by atoms with van der Waals surface area (Å²) >= 11 is 0. The zero-order chi connectivity index (χ0) is 15.2. The number of anilines is 1. The minimum Gasteiger partial charge on any atom is -0.457 e. The number of rotatable bonds is 5. The van der Waals surface area contributed by atoms with Gasteiger partial charge in [-0.3, -0.25) is 9.59 Å². The van der Waals surface area contributed by atoms with E-state index in [2.05, 4.69) is 5.32 Å². The second-order valence-corrected chi connectivity index (χ2v) is 4.46. The van der Waals surface area contributed by atoms with E-state index in [1.807, 2.05) is 0 Å². The number of ketones is 1. The monoisotopic (exact) mass is 284 g/mol. The van der Waals surface area contributed by atoms with Gasteiger partial charge >= 0.3 is 0 Å². The highest BCUT2D eigenvalue weighted by molar-refractivity contribution is 5.94. The number of amides is 1. The van der Waals surface area contributed by atoms with Gasteiger partial charge in [-0.2, -0.15) is 0 Å². The zero-order valence-corrected chi connectivity index (χ0v) is 11.6. The fourth-order valence-electron chi connectivity index (χ4n) is 1.71. The van der Waals surface area contributed by atoms with E-state index in [1.54, 1.807) is 48.5 Å². The van der Waals surface area contributed by atoms with Gasteiger partial charge < -0.3 is 15.8 Å². The smallest absolute Gasteiger partial charge is 0.238 e. The number of nitrogens with one attached hydrogen (secondary N) is 1. The lowest BCUT2D eigenvalue weighted by molar-refractivity contribution is -0.114. The molecule has 2 aromatic carbocycles. The van der Waals surface area contributed by atoms with Crippen LogP contribution in [0.4, 0.5) is 5.69 Å². The zero-order valence-electron chi connectivity index (χ0n) is 11.6. The molecule has 2 rings (SSSR count). The molecular formula is C16H16N2O3. The number of hydrogen-bond acceptors (Lipinski definition) is 4. The van der Waals surface area contributed by atoms with Gasteiger partial charge in [0.15, 0.2) is 5.78 Å². The Bertz CT molecular complexity index is 634. The average Bonchev–Trinajstić information content (AvgIpc) is 2.49. The molecule has 108 valence electrons. The second kappa shape index (κ2) is 6.67. The lowest BCUT2D eigenvalue weighted by Gasteiger charge is -2.08. The standard InChI is InChI=1S/C16H16N2O3/c1-11(19)12-2-6-14(7-3-12)21-15-8-4-13(5-9-15)18-16(20)10-17/h2-9H,10,17H2,1H3,(H,18,20). The largest absolute Gasteiger partial charge is 0.457 e. The summed E-state index contributed by atoms with van der Waals surface area (Å²) in [5.41, 5.74) is 6.52. The van der Waals surface area contributed by atoms with Gasteiger partial charge in [0.2, 0.25) is 5.91 Å². The number of carbonyl (C=O) groups is 2. The third-order valence-electron chi connectivity index (χ3n) is 2.82. The van der Waals surface area contributed by atoms with Crippen molar-refractivity contribution in [3.63, 3.8) is 0 Å². The van der Waals surface area contributed by atoms with E-state index >= 15 is 0 Å². The van der Waals surface area contributed by atoms with Crippen LogP contribution < -0.4 is 15.8 Å². The molecule has 0 saturated carbocycles. The van der Waals surface area contributed by atoms with Crippen molar-refractivity contribution in [2.24, 2.45) is 5.73 Å². The lowest BCUT2D eigenvalue weighted by atomic mass is 10.1. The summed E-state index contributed by atoms with van der Waals surface area (Å²) in [6.07, 6.45) is 0. The van der Waals surface area contributed by atoms with Crippen LogP contribution in [0.1, 0.15) is 17.3 Å². The van der Waals surface area contributed by atoms with Crippen LogP contribution in [-0.2, 0) is 4.79 Å². The molecule has 0 radical (unpaired) electrons. The number of Topliss-reactive ketones (excluding diaryl/α,β-unsaturated/α-hetero) is 1. The van der Waals surface area contributed by atoms with Crippen LogP contribution >= 0.6 is 0 Å². The molecular weight excluding hydrogens is 268 g/mol. The first-order valence-electron chi connectivity index (χ1n) is 6.47. The Morgan fingerprint density at radius 1 is 1.00 bits per heavy atom. The van der Waals surface area contributed by atoms with E-state index in [1.165, 1.54) is 6.92 Å². The Hall–Kier alpha value is -2.66. The van der Waals surface area contributed by atoms with Crippen LogP contribution in [0.5, 0.6) is 11.5 Å². The molecule has 0 aliphatic heterocycles. The number of hydrogen-bond donors (Lipinski definition) is 2. The Morgan fingerprint density at radius 2 is 1.52 bits per heavy atom. The van der Waals surface area contributed by atoms with E-state index in [4.69, 9.17) is 10.5 Å². The first-order chi connectivity index (χ1) is 10.1. The fraction of sp³-hybridized carbons (Fsp3) is 0.125. The second-order valence-electron chi connectivity index (χ2n) is 4.46. The molecule has 0 unspecified atom stereocenters. The molecule has 0 fully saturated rings. The number of ether oxygens (including phenoxy) is 1. The fourth-order valence-corrected chi connectivity index (χ4v) is 1.71. The van der Waals surface area contributed by atoms with Crippen LogP contribution in [0.15, 0.2) is 48.5 Å². The lowest BCUT2D eigenvalue weighted by Crippen LogP contribution is -2.21. The van der Waals surface area contributed by atoms with Crippen LogP contribution in [0.25, 0.3) is 0 Å². The van der Waals surface area contributed by atoms with Gasteiger partial charge in [0.05, 0.1) is 6.54 Å². The summed E-state index contributed by atoms with van der Waals surface area (Å²) in [5, 5.41) is 2.65. The Morgan fingerprint density at radius 3 is 2.00 bits per heavy atom. The van der Waals surface area contributed by atoms with Crippen molar-refractivity contribution in [2.75, 3.05) is 11.9 Å². The Balaban J connectivity index is 2.02. The first-order valence-corrected chi connectivity index (χ1v) is 6.47. The molecule has 0 saturated heterocycles. The molecule has 0 aromatic heterocycles. The van der Waals surface area contributed by atoms with Crippen molar-refractivity contribution in [3.8, 4) is 11.5 Å². The van der Waals surface area contributed by atoms with Gasteiger partial charge in [0.1, 0.15) is 11.5 Å². The quantitative estimate of drug-likeness (QED) is 0.827. The summed E-state index contributed by atoms with van der Waals surface area (Å²) in [7, 11) is 0. The van der Waals surface area contributed by atoms with E-state index in [0.29, 0.717) is 22.7 Å². The summed E-state index contributed by atoms with van der Waals surface area (Å²) in [4.78, 5) is 22.3. The van der Waals surface area contributed by atoms with E-state index < -0.39 is 0 Å². The molecule has 1 amide bonds. The Labute approximate surface area is 122 Å². The molecule has 3 N–H and O–H groups in total. The highest BCUT2D eigenvalue weighted by Crippen LogP contribution is 2.23. The van der Waals surface area contributed by atoms with Gasteiger partial charge in [0, 0.05) is 11.3 Å². The summed E-state index contributed by atoms with van der Waals surface area (Å²) in [6.45, 7) is 1.46. The van der Waals surface area contributed by atoms with Crippen molar-refractivity contribution < 1.29 is 14.3 Å². The van der Waals surface area contributed by atoms with Crippen LogP contribution in [0, 0.1) is 0 Å². The van der Waals surface area contributed by atoms with E-state index in [-0.39, 0.29) is 18.2 Å². The summed E-state index contributed by atoms with van der Waals surface area (Å²) in [5.74, 6) is 1.04. The van der Waals surface area contributed by atoms with Gasteiger partial charge in [-0.1, -0.05) is 0 Å². The van der Waals surface area contributed by atoms with Gasteiger partial charge in [-0.15, -0.1) is 0 Å². The summed E-state index contributed by atoms with van der Waals surface area (Å²) < 4.78 is 5.65. The van der Waals surface area contributed by atoms with Crippen molar-refractivity contribution in [2.45, 2.75) is 6.92 Å². The third kappa shape index (κ3) is 4.15. The van der Waals surface area contributed by atoms with Gasteiger partial charge in [-0.05, 0) is 55.5 Å². The molecule has 0 atom stereocenters. The molecule has 5 nitrogen and oxygen atoms in total. The van der Waals surface area contributed by atoms with Crippen molar-refractivity contribution in [3.05, 3.63) is 54.1 Å². The highest BCUT2D eigenvalue weighted by Gasteiger charge is 2.02. The minimum atomic E-state index is -0.247. The van der Waals surface area contributed by atoms with Crippen molar-refractivity contribution in [1.82, 2.24) is 0 Å². The molecule has 0 bridgehead atoms. The molecule has 0 aliphatic carbocycles. The van der Waals surface area contributed by atoms with Crippen LogP contribution in [0.2, 0.25) is 0 Å². The topological polar surface area (TPSA) is 81.4 Å². The number of nitrogens with two attached hydrogens (primary N) is 1. The normalized spacial score (nSPS) is 10.0.